The highest BCUT2D eigenvalue weighted by Gasteiger charge is 2.58. The monoisotopic (exact) mass is 295 g/mol. The first-order chi connectivity index (χ1) is 8.99. The number of rotatable bonds is 3. The van der Waals surface area contributed by atoms with E-state index >= 15 is 0 Å². The van der Waals surface area contributed by atoms with E-state index in [-0.39, 0.29) is 18.6 Å². The molecule has 0 saturated heterocycles. The van der Waals surface area contributed by atoms with Crippen LogP contribution in [0.5, 0.6) is 0 Å². The molecule has 1 rings (SSSR count). The van der Waals surface area contributed by atoms with Crippen LogP contribution in [0.25, 0.3) is 0 Å². The highest BCUT2D eigenvalue weighted by Crippen LogP contribution is 2.30. The lowest BCUT2D eigenvalue weighted by Gasteiger charge is -2.29. The molecule has 112 valence electrons. The molecule has 1 atom stereocenters. The first-order valence-corrected chi connectivity index (χ1v) is 5.45. The first kappa shape index (κ1) is 15.9. The Morgan fingerprint density at radius 3 is 2.30 bits per heavy atom. The number of hydrogen-bond donors (Lipinski definition) is 2. The van der Waals surface area contributed by atoms with Gasteiger partial charge >= 0.3 is 12.1 Å². The molecule has 1 aliphatic rings. The van der Waals surface area contributed by atoms with Crippen molar-refractivity contribution in [2.75, 3.05) is 7.05 Å². The Bertz CT molecular complexity index is 489. The maximum atomic E-state index is 12.7. The molecule has 0 aliphatic carbocycles. The number of hydrogen-bond acceptors (Lipinski definition) is 4. The minimum absolute atomic E-state index is 0.0848. The molecule has 0 saturated carbocycles. The minimum atomic E-state index is -5.18. The second-order valence-corrected chi connectivity index (χ2v) is 4.35. The Labute approximate surface area is 111 Å². The van der Waals surface area contributed by atoms with Crippen LogP contribution in [-0.4, -0.2) is 52.4 Å². The number of nitrogens with one attached hydrogen (secondary N) is 1. The number of halogens is 3. The summed E-state index contributed by atoms with van der Waals surface area (Å²) in [5, 5.41) is 14.4. The summed E-state index contributed by atoms with van der Waals surface area (Å²) in [4.78, 5) is 33.6. The summed E-state index contributed by atoms with van der Waals surface area (Å²) in [5.74, 6) is -3.90. The van der Waals surface area contributed by atoms with Gasteiger partial charge in [-0.2, -0.15) is 18.3 Å². The number of alkyl halides is 3. The van der Waals surface area contributed by atoms with Gasteiger partial charge < -0.3 is 10.4 Å². The largest absolute Gasteiger partial charge is 0.479 e. The third-order valence-electron chi connectivity index (χ3n) is 2.83. The van der Waals surface area contributed by atoms with Gasteiger partial charge in [-0.05, 0) is 6.92 Å². The third-order valence-corrected chi connectivity index (χ3v) is 2.83. The molecule has 0 aromatic carbocycles. The Hall–Kier alpha value is -2.13. The van der Waals surface area contributed by atoms with E-state index in [4.69, 9.17) is 5.11 Å². The zero-order valence-electron chi connectivity index (χ0n) is 10.6. The zero-order valence-corrected chi connectivity index (χ0v) is 10.6. The van der Waals surface area contributed by atoms with Crippen LogP contribution in [-0.2, 0) is 14.4 Å². The zero-order chi connectivity index (χ0) is 15.7. The summed E-state index contributed by atoms with van der Waals surface area (Å²) in [7, 11) is 1.24. The molecule has 1 unspecified atom stereocenters. The number of nitrogens with zero attached hydrogens (tertiary/aromatic N) is 2. The van der Waals surface area contributed by atoms with Crippen LogP contribution in [0.2, 0.25) is 0 Å². The summed E-state index contributed by atoms with van der Waals surface area (Å²) < 4.78 is 38.2. The molecular weight excluding hydrogens is 283 g/mol. The van der Waals surface area contributed by atoms with Crippen molar-refractivity contribution in [1.29, 1.82) is 0 Å². The molecule has 0 radical (unpaired) electrons. The predicted molar refractivity (Wildman–Crippen MR) is 59.7 cm³/mol. The molecular formula is C10H12F3N3O4. The number of hydrazone groups is 1. The third kappa shape index (κ3) is 2.89. The van der Waals surface area contributed by atoms with Crippen molar-refractivity contribution in [3.8, 4) is 0 Å². The van der Waals surface area contributed by atoms with Crippen LogP contribution < -0.4 is 5.32 Å². The summed E-state index contributed by atoms with van der Waals surface area (Å²) in [6.45, 7) is 0.339. The standard InChI is InChI=1S/C10H12F3N3O4/c1-9(8(19)20,10(11,12)13)14-7(18)5-3-4-6(17)16(2)15-5/h3-4H2,1-2H3,(H,14,18)(H,19,20). The maximum Gasteiger partial charge on any atom is 0.422 e. The highest BCUT2D eigenvalue weighted by molar-refractivity contribution is 6.40. The number of amides is 2. The molecule has 0 fully saturated rings. The lowest BCUT2D eigenvalue weighted by molar-refractivity contribution is -0.206. The fourth-order valence-electron chi connectivity index (χ4n) is 1.38. The normalized spacial score (nSPS) is 19.1. The highest BCUT2D eigenvalue weighted by atomic mass is 19.4. The second kappa shape index (κ2) is 5.10. The van der Waals surface area contributed by atoms with Crippen molar-refractivity contribution in [1.82, 2.24) is 10.3 Å². The van der Waals surface area contributed by atoms with E-state index in [9.17, 15) is 27.6 Å². The van der Waals surface area contributed by atoms with Gasteiger partial charge in [0.2, 0.25) is 11.4 Å². The van der Waals surface area contributed by atoms with Gasteiger partial charge in [-0.3, -0.25) is 9.59 Å². The van der Waals surface area contributed by atoms with Gasteiger partial charge in [0.05, 0.1) is 0 Å². The Morgan fingerprint density at radius 2 is 1.90 bits per heavy atom. The summed E-state index contributed by atoms with van der Waals surface area (Å²) in [6, 6.07) is 0. The van der Waals surface area contributed by atoms with Crippen molar-refractivity contribution >= 4 is 23.5 Å². The number of carboxylic acid groups (broad SMARTS) is 1. The molecule has 10 heteroatoms. The van der Waals surface area contributed by atoms with Gasteiger partial charge in [0.15, 0.2) is 0 Å². The summed E-state index contributed by atoms with van der Waals surface area (Å²) in [6.07, 6.45) is -5.41. The van der Waals surface area contributed by atoms with E-state index in [1.165, 1.54) is 12.4 Å². The van der Waals surface area contributed by atoms with Crippen LogP contribution in [0.1, 0.15) is 19.8 Å². The molecule has 0 bridgehead atoms. The average Bonchev–Trinajstić information content (AvgIpc) is 2.30. The van der Waals surface area contributed by atoms with Crippen molar-refractivity contribution in [2.45, 2.75) is 31.5 Å². The summed E-state index contributed by atoms with van der Waals surface area (Å²) in [5.41, 5.74) is -3.75. The SMILES string of the molecule is CN1N=C(C(=O)NC(C)(C(=O)O)C(F)(F)F)CCC1=O. The van der Waals surface area contributed by atoms with E-state index in [0.29, 0.717) is 6.92 Å². The molecule has 0 spiro atoms. The van der Waals surface area contributed by atoms with Crippen molar-refractivity contribution < 1.29 is 32.7 Å². The molecule has 1 aliphatic heterocycles. The van der Waals surface area contributed by atoms with Gasteiger partial charge in [-0.15, -0.1) is 0 Å². The molecule has 0 aromatic heterocycles. The average molecular weight is 295 g/mol. The lowest BCUT2D eigenvalue weighted by Crippen LogP contribution is -2.63. The number of carbonyl (C=O) groups excluding carboxylic acids is 2. The lowest BCUT2D eigenvalue weighted by atomic mass is 10.0. The number of aliphatic carboxylic acids is 1. The Balaban J connectivity index is 2.97. The molecule has 2 amide bonds. The van der Waals surface area contributed by atoms with E-state index in [2.05, 4.69) is 5.10 Å². The van der Waals surface area contributed by atoms with E-state index in [0.717, 1.165) is 5.01 Å². The predicted octanol–water partition coefficient (Wildman–Crippen LogP) is 0.116. The number of carbonyl (C=O) groups is 3. The molecule has 0 aromatic rings. The molecule has 7 nitrogen and oxygen atoms in total. The van der Waals surface area contributed by atoms with E-state index < -0.39 is 29.5 Å². The van der Waals surface area contributed by atoms with Crippen LogP contribution in [0, 0.1) is 0 Å². The maximum absolute atomic E-state index is 12.7. The molecule has 2 N–H and O–H groups in total. The topological polar surface area (TPSA) is 99.1 Å². The van der Waals surface area contributed by atoms with Crippen LogP contribution in [0.4, 0.5) is 13.2 Å². The minimum Gasteiger partial charge on any atom is -0.479 e. The van der Waals surface area contributed by atoms with Gasteiger partial charge in [-0.1, -0.05) is 0 Å². The van der Waals surface area contributed by atoms with Crippen LogP contribution in [0.3, 0.4) is 0 Å². The van der Waals surface area contributed by atoms with Gasteiger partial charge in [-0.25, -0.2) is 9.80 Å². The van der Waals surface area contributed by atoms with Gasteiger partial charge in [0.1, 0.15) is 5.71 Å². The first-order valence-electron chi connectivity index (χ1n) is 5.45. The second-order valence-electron chi connectivity index (χ2n) is 4.35. The summed E-state index contributed by atoms with van der Waals surface area (Å²) >= 11 is 0. The van der Waals surface area contributed by atoms with Gasteiger partial charge in [0.25, 0.3) is 5.91 Å². The molecule has 20 heavy (non-hydrogen) atoms. The quantitative estimate of drug-likeness (QED) is 0.772. The Morgan fingerprint density at radius 1 is 1.35 bits per heavy atom. The number of carboxylic acids is 1. The fraction of sp³-hybridized carbons (Fsp3) is 0.600. The smallest absolute Gasteiger partial charge is 0.422 e. The van der Waals surface area contributed by atoms with Crippen LogP contribution in [0.15, 0.2) is 5.10 Å². The molecule has 1 heterocycles. The van der Waals surface area contributed by atoms with E-state index in [1.807, 2.05) is 0 Å². The van der Waals surface area contributed by atoms with Crippen molar-refractivity contribution in [2.24, 2.45) is 5.10 Å². The van der Waals surface area contributed by atoms with E-state index in [1.54, 1.807) is 0 Å². The van der Waals surface area contributed by atoms with Gasteiger partial charge in [0, 0.05) is 19.9 Å². The fourth-order valence-corrected chi connectivity index (χ4v) is 1.38. The Kier molecular flexibility index (Phi) is 4.06. The van der Waals surface area contributed by atoms with Crippen molar-refractivity contribution in [3.05, 3.63) is 0 Å². The van der Waals surface area contributed by atoms with Crippen LogP contribution >= 0.6 is 0 Å². The van der Waals surface area contributed by atoms with Crippen molar-refractivity contribution in [3.63, 3.8) is 0 Å².